The van der Waals surface area contributed by atoms with Crippen LogP contribution >= 0.6 is 0 Å². The molecule has 0 saturated carbocycles. The lowest BCUT2D eigenvalue weighted by Crippen LogP contribution is -2.34. The summed E-state index contributed by atoms with van der Waals surface area (Å²) in [4.78, 5) is 4.13. The lowest BCUT2D eigenvalue weighted by Gasteiger charge is -2.30. The van der Waals surface area contributed by atoms with Crippen LogP contribution in [0.3, 0.4) is 0 Å². The Kier molecular flexibility index (Phi) is 4.10. The third-order valence-electron chi connectivity index (χ3n) is 2.74. The highest BCUT2D eigenvalue weighted by Gasteiger charge is 2.32. The largest absolute Gasteiger partial charge is 0.595 e. The molecule has 0 N–H and O–H groups in total. The number of benzene rings is 1. The summed E-state index contributed by atoms with van der Waals surface area (Å²) in [5.41, 5.74) is 0.637. The van der Waals surface area contributed by atoms with E-state index < -0.39 is 11.7 Å². The maximum atomic E-state index is 11.7. The zero-order valence-electron chi connectivity index (χ0n) is 11.6. The van der Waals surface area contributed by atoms with Gasteiger partial charge < -0.3 is 14.6 Å². The SMILES string of the molecule is CC(C)(C)OC([O-])=N[C@@H](Cc1ccccc1)[C@H]1CO1. The summed E-state index contributed by atoms with van der Waals surface area (Å²) < 4.78 is 10.5. The average molecular weight is 262 g/mol. The summed E-state index contributed by atoms with van der Waals surface area (Å²) in [5.74, 6) is 0. The lowest BCUT2D eigenvalue weighted by molar-refractivity contribution is -0.261. The van der Waals surface area contributed by atoms with Crippen LogP contribution in [0.15, 0.2) is 35.3 Å². The standard InChI is InChI=1S/C15H21NO3/c1-15(2,3)19-14(17)16-12(13-10-18-13)9-11-7-5-4-6-8-11/h4-8,12-13H,9-10H2,1-3H3,(H,16,17)/p-1/t12-,13+/m0/s1. The van der Waals surface area contributed by atoms with E-state index in [1.165, 1.54) is 0 Å². The minimum Gasteiger partial charge on any atom is -0.595 e. The van der Waals surface area contributed by atoms with Crippen molar-refractivity contribution >= 4 is 6.08 Å². The molecule has 104 valence electrons. The Balaban J connectivity index is 2.02. The van der Waals surface area contributed by atoms with Gasteiger partial charge in [0, 0.05) is 5.60 Å². The van der Waals surface area contributed by atoms with E-state index in [2.05, 4.69) is 4.99 Å². The maximum absolute atomic E-state index is 11.7. The molecule has 0 aliphatic carbocycles. The first kappa shape index (κ1) is 13.9. The molecule has 0 aromatic heterocycles. The molecule has 2 rings (SSSR count). The van der Waals surface area contributed by atoms with Crippen LogP contribution in [-0.4, -0.2) is 30.4 Å². The number of rotatable bonds is 4. The predicted octanol–water partition coefficient (Wildman–Crippen LogP) is 1.53. The monoisotopic (exact) mass is 262 g/mol. The Morgan fingerprint density at radius 1 is 1.42 bits per heavy atom. The van der Waals surface area contributed by atoms with Gasteiger partial charge in [0.1, 0.15) is 12.2 Å². The Morgan fingerprint density at radius 2 is 2.05 bits per heavy atom. The van der Waals surface area contributed by atoms with Gasteiger partial charge >= 0.3 is 0 Å². The highest BCUT2D eigenvalue weighted by atomic mass is 16.6. The number of nitrogens with zero attached hydrogens (tertiary/aromatic N) is 1. The number of hydrogen-bond acceptors (Lipinski definition) is 4. The van der Waals surface area contributed by atoms with Gasteiger partial charge in [-0.05, 0) is 12.0 Å². The summed E-state index contributed by atoms with van der Waals surface area (Å²) in [6.07, 6.45) is 0.238. The third-order valence-corrected chi connectivity index (χ3v) is 2.74. The average Bonchev–Trinajstić information content (AvgIpc) is 3.10. The highest BCUT2D eigenvalue weighted by Crippen LogP contribution is 2.21. The van der Waals surface area contributed by atoms with E-state index in [1.807, 2.05) is 51.1 Å². The molecule has 19 heavy (non-hydrogen) atoms. The molecule has 1 saturated heterocycles. The van der Waals surface area contributed by atoms with E-state index in [0.717, 1.165) is 5.56 Å². The van der Waals surface area contributed by atoms with E-state index in [4.69, 9.17) is 9.47 Å². The van der Waals surface area contributed by atoms with Crippen molar-refractivity contribution in [3.8, 4) is 0 Å². The molecule has 0 spiro atoms. The predicted molar refractivity (Wildman–Crippen MR) is 71.9 cm³/mol. The first-order chi connectivity index (χ1) is 8.94. The van der Waals surface area contributed by atoms with E-state index in [0.29, 0.717) is 13.0 Å². The second-order valence-corrected chi connectivity index (χ2v) is 5.74. The molecule has 1 aliphatic rings. The van der Waals surface area contributed by atoms with Crippen LogP contribution in [-0.2, 0) is 15.9 Å². The van der Waals surface area contributed by atoms with Crippen LogP contribution in [0.2, 0.25) is 0 Å². The van der Waals surface area contributed by atoms with Crippen LogP contribution in [0.4, 0.5) is 0 Å². The molecule has 1 aromatic carbocycles. The molecule has 1 heterocycles. The molecule has 0 radical (unpaired) electrons. The van der Waals surface area contributed by atoms with Gasteiger partial charge in [-0.15, -0.1) is 0 Å². The second-order valence-electron chi connectivity index (χ2n) is 5.74. The molecule has 0 unspecified atom stereocenters. The minimum atomic E-state index is -0.512. The summed E-state index contributed by atoms with van der Waals surface area (Å²) >= 11 is 0. The van der Waals surface area contributed by atoms with Gasteiger partial charge in [0.25, 0.3) is 0 Å². The molecule has 2 atom stereocenters. The summed E-state index contributed by atoms with van der Waals surface area (Å²) in [6, 6.07) is 9.83. The molecule has 1 aliphatic heterocycles. The Morgan fingerprint density at radius 3 is 2.58 bits per heavy atom. The minimum absolute atomic E-state index is 0.0488. The fraction of sp³-hybridized carbons (Fsp3) is 0.533. The molecular formula is C15H20NO3-. The van der Waals surface area contributed by atoms with Gasteiger partial charge in [-0.2, -0.15) is 0 Å². The number of aliphatic imine (C=N–C) groups is 1. The van der Waals surface area contributed by atoms with Crippen molar-refractivity contribution in [2.24, 2.45) is 4.99 Å². The Hall–Kier alpha value is -1.55. The molecule has 0 amide bonds. The third kappa shape index (κ3) is 4.91. The van der Waals surface area contributed by atoms with Crippen molar-refractivity contribution < 1.29 is 14.6 Å². The van der Waals surface area contributed by atoms with E-state index in [9.17, 15) is 5.11 Å². The molecule has 4 heteroatoms. The van der Waals surface area contributed by atoms with E-state index >= 15 is 0 Å². The Bertz CT molecular complexity index is 432. The molecule has 1 aromatic rings. The zero-order chi connectivity index (χ0) is 13.9. The highest BCUT2D eigenvalue weighted by molar-refractivity contribution is 5.62. The number of hydrogen-bond donors (Lipinski definition) is 0. The van der Waals surface area contributed by atoms with Gasteiger partial charge in [0.15, 0.2) is 0 Å². The van der Waals surface area contributed by atoms with Gasteiger partial charge in [0.2, 0.25) is 0 Å². The molecular weight excluding hydrogens is 242 g/mol. The number of epoxide rings is 1. The van der Waals surface area contributed by atoms with Crippen molar-refractivity contribution in [2.45, 2.75) is 44.9 Å². The molecule has 1 fully saturated rings. The maximum Gasteiger partial charge on any atom is 0.146 e. The smallest absolute Gasteiger partial charge is 0.146 e. The topological polar surface area (TPSA) is 57.2 Å². The fourth-order valence-corrected chi connectivity index (χ4v) is 1.82. The zero-order valence-corrected chi connectivity index (χ0v) is 11.6. The van der Waals surface area contributed by atoms with Gasteiger partial charge in [0.05, 0.1) is 12.6 Å². The van der Waals surface area contributed by atoms with E-state index in [1.54, 1.807) is 0 Å². The summed E-state index contributed by atoms with van der Waals surface area (Å²) in [7, 11) is 0. The molecule has 0 bridgehead atoms. The second kappa shape index (κ2) is 5.61. The normalized spacial score (nSPS) is 21.0. The van der Waals surface area contributed by atoms with Gasteiger partial charge in [-0.25, -0.2) is 0 Å². The van der Waals surface area contributed by atoms with Crippen LogP contribution in [0.5, 0.6) is 0 Å². The molecule has 4 nitrogen and oxygen atoms in total. The quantitative estimate of drug-likeness (QED) is 0.470. The van der Waals surface area contributed by atoms with Crippen molar-refractivity contribution in [3.63, 3.8) is 0 Å². The first-order valence-electron chi connectivity index (χ1n) is 6.53. The van der Waals surface area contributed by atoms with Crippen LogP contribution in [0.25, 0.3) is 0 Å². The summed E-state index contributed by atoms with van der Waals surface area (Å²) in [6.45, 7) is 6.17. The van der Waals surface area contributed by atoms with Crippen molar-refractivity contribution in [1.82, 2.24) is 0 Å². The van der Waals surface area contributed by atoms with Gasteiger partial charge in [-0.3, -0.25) is 4.99 Å². The van der Waals surface area contributed by atoms with Crippen molar-refractivity contribution in [2.75, 3.05) is 6.61 Å². The van der Waals surface area contributed by atoms with Crippen LogP contribution < -0.4 is 5.11 Å². The lowest BCUT2D eigenvalue weighted by atomic mass is 10.0. The van der Waals surface area contributed by atoms with Crippen molar-refractivity contribution in [1.29, 1.82) is 0 Å². The Labute approximate surface area is 114 Å². The first-order valence-corrected chi connectivity index (χ1v) is 6.53. The van der Waals surface area contributed by atoms with E-state index in [-0.39, 0.29) is 12.1 Å². The van der Waals surface area contributed by atoms with Crippen LogP contribution in [0.1, 0.15) is 26.3 Å². The van der Waals surface area contributed by atoms with Gasteiger partial charge in [-0.1, -0.05) is 51.1 Å². The number of ether oxygens (including phenoxy) is 2. The summed E-state index contributed by atoms with van der Waals surface area (Å²) in [5, 5.41) is 11.7. The van der Waals surface area contributed by atoms with Crippen LogP contribution in [0, 0.1) is 0 Å². The van der Waals surface area contributed by atoms with Crippen molar-refractivity contribution in [3.05, 3.63) is 35.9 Å². The fourth-order valence-electron chi connectivity index (χ4n) is 1.82.